The van der Waals surface area contributed by atoms with E-state index in [0.717, 1.165) is 63.1 Å². The largest absolute Gasteiger partial charge is 0.462 e. The third kappa shape index (κ3) is 2.99. The lowest BCUT2D eigenvalue weighted by Gasteiger charge is -2.32. The van der Waals surface area contributed by atoms with Gasteiger partial charge in [0.2, 0.25) is 6.41 Å². The first-order chi connectivity index (χ1) is 10.7. The van der Waals surface area contributed by atoms with E-state index in [-0.39, 0.29) is 5.97 Å². The molecule has 5 heteroatoms. The second-order valence-corrected chi connectivity index (χ2v) is 5.99. The summed E-state index contributed by atoms with van der Waals surface area (Å²) in [6.45, 7) is 7.11. The molecule has 1 amide bonds. The standard InChI is InChI=1S/C17H22N2O3/c1-13-14(2-3-16-15(13)5-11-22-17(16)21)4-6-18-7-9-19(12-20)10-8-18/h2-3,12H,4-11H2,1H3. The van der Waals surface area contributed by atoms with E-state index in [4.69, 9.17) is 4.74 Å². The molecule has 3 rings (SSSR count). The summed E-state index contributed by atoms with van der Waals surface area (Å²) in [7, 11) is 0. The van der Waals surface area contributed by atoms with Gasteiger partial charge in [0.25, 0.3) is 0 Å². The fraction of sp³-hybridized carbons (Fsp3) is 0.529. The number of hydrogen-bond donors (Lipinski definition) is 0. The van der Waals surface area contributed by atoms with Gasteiger partial charge in [-0.25, -0.2) is 4.79 Å². The number of benzene rings is 1. The molecule has 0 aliphatic carbocycles. The Morgan fingerprint density at radius 1 is 1.23 bits per heavy atom. The molecule has 1 fully saturated rings. The second kappa shape index (κ2) is 6.48. The lowest BCUT2D eigenvalue weighted by molar-refractivity contribution is -0.119. The number of esters is 1. The Balaban J connectivity index is 1.64. The highest BCUT2D eigenvalue weighted by Gasteiger charge is 2.22. The molecule has 1 aromatic carbocycles. The van der Waals surface area contributed by atoms with Gasteiger partial charge in [0.1, 0.15) is 0 Å². The van der Waals surface area contributed by atoms with E-state index in [0.29, 0.717) is 6.61 Å². The van der Waals surface area contributed by atoms with Crippen LogP contribution in [0.3, 0.4) is 0 Å². The first-order valence-corrected chi connectivity index (χ1v) is 7.89. The monoisotopic (exact) mass is 302 g/mol. The SMILES string of the molecule is Cc1c(CCN2CCN(C=O)CC2)ccc2c1CCOC2=O. The summed E-state index contributed by atoms with van der Waals surface area (Å²) in [4.78, 5) is 26.7. The fourth-order valence-electron chi connectivity index (χ4n) is 3.28. The molecule has 0 atom stereocenters. The summed E-state index contributed by atoms with van der Waals surface area (Å²) < 4.78 is 5.09. The van der Waals surface area contributed by atoms with Crippen LogP contribution in [-0.2, 0) is 22.4 Å². The molecule has 0 aromatic heterocycles. The molecule has 118 valence electrons. The molecule has 1 saturated heterocycles. The molecule has 1 aromatic rings. The number of rotatable bonds is 4. The first-order valence-electron chi connectivity index (χ1n) is 7.89. The average Bonchev–Trinajstić information content (AvgIpc) is 2.55. The predicted octanol–water partition coefficient (Wildman–Crippen LogP) is 1.02. The van der Waals surface area contributed by atoms with E-state index >= 15 is 0 Å². The maximum Gasteiger partial charge on any atom is 0.338 e. The summed E-state index contributed by atoms with van der Waals surface area (Å²) in [6, 6.07) is 3.96. The van der Waals surface area contributed by atoms with Crippen LogP contribution in [0, 0.1) is 6.92 Å². The van der Waals surface area contributed by atoms with Crippen molar-refractivity contribution in [3.8, 4) is 0 Å². The van der Waals surface area contributed by atoms with Gasteiger partial charge >= 0.3 is 5.97 Å². The molecule has 2 heterocycles. The van der Waals surface area contributed by atoms with Crippen LogP contribution in [0.25, 0.3) is 0 Å². The summed E-state index contributed by atoms with van der Waals surface area (Å²) in [5.41, 5.74) is 4.43. The van der Waals surface area contributed by atoms with Gasteiger partial charge in [-0.05, 0) is 36.1 Å². The Morgan fingerprint density at radius 3 is 2.73 bits per heavy atom. The van der Waals surface area contributed by atoms with Gasteiger partial charge in [-0.15, -0.1) is 0 Å². The van der Waals surface area contributed by atoms with Crippen LogP contribution < -0.4 is 0 Å². The second-order valence-electron chi connectivity index (χ2n) is 5.99. The lowest BCUT2D eigenvalue weighted by Crippen LogP contribution is -2.46. The van der Waals surface area contributed by atoms with Crippen LogP contribution in [0.4, 0.5) is 0 Å². The Labute approximate surface area is 130 Å². The number of amides is 1. The zero-order valence-corrected chi connectivity index (χ0v) is 13.0. The van der Waals surface area contributed by atoms with Gasteiger partial charge < -0.3 is 9.64 Å². The number of ether oxygens (including phenoxy) is 1. The quantitative estimate of drug-likeness (QED) is 0.615. The third-order valence-electron chi connectivity index (χ3n) is 4.77. The van der Waals surface area contributed by atoms with E-state index in [1.165, 1.54) is 11.1 Å². The maximum absolute atomic E-state index is 11.7. The minimum absolute atomic E-state index is 0.194. The van der Waals surface area contributed by atoms with E-state index in [1.54, 1.807) is 0 Å². The zero-order valence-electron chi connectivity index (χ0n) is 13.0. The van der Waals surface area contributed by atoms with E-state index in [9.17, 15) is 9.59 Å². The molecule has 22 heavy (non-hydrogen) atoms. The molecule has 0 saturated carbocycles. The maximum atomic E-state index is 11.7. The first kappa shape index (κ1) is 15.0. The smallest absolute Gasteiger partial charge is 0.338 e. The van der Waals surface area contributed by atoms with Crippen LogP contribution in [0.15, 0.2) is 12.1 Å². The Kier molecular flexibility index (Phi) is 4.43. The summed E-state index contributed by atoms with van der Waals surface area (Å²) in [5, 5.41) is 0. The molecule has 2 aliphatic heterocycles. The van der Waals surface area contributed by atoms with Crippen molar-refractivity contribution in [2.24, 2.45) is 0 Å². The normalized spacial score (nSPS) is 18.8. The van der Waals surface area contributed by atoms with Crippen molar-refractivity contribution < 1.29 is 14.3 Å². The van der Waals surface area contributed by atoms with Crippen molar-refractivity contribution in [2.45, 2.75) is 19.8 Å². The number of carbonyl (C=O) groups excluding carboxylic acids is 2. The van der Waals surface area contributed by atoms with E-state index < -0.39 is 0 Å². The van der Waals surface area contributed by atoms with Crippen molar-refractivity contribution in [1.29, 1.82) is 0 Å². The zero-order chi connectivity index (χ0) is 15.5. The van der Waals surface area contributed by atoms with Crippen LogP contribution in [0.2, 0.25) is 0 Å². The highest BCUT2D eigenvalue weighted by atomic mass is 16.5. The van der Waals surface area contributed by atoms with E-state index in [2.05, 4.69) is 17.9 Å². The number of fused-ring (bicyclic) bond motifs is 1. The van der Waals surface area contributed by atoms with Crippen molar-refractivity contribution in [2.75, 3.05) is 39.3 Å². The minimum Gasteiger partial charge on any atom is -0.462 e. The molecule has 0 spiro atoms. The summed E-state index contributed by atoms with van der Waals surface area (Å²) >= 11 is 0. The molecular weight excluding hydrogens is 280 g/mol. The molecule has 0 radical (unpaired) electrons. The van der Waals surface area contributed by atoms with Crippen molar-refractivity contribution in [1.82, 2.24) is 9.80 Å². The predicted molar refractivity (Wildman–Crippen MR) is 82.9 cm³/mol. The Morgan fingerprint density at radius 2 is 2.00 bits per heavy atom. The van der Waals surface area contributed by atoms with Crippen molar-refractivity contribution in [3.63, 3.8) is 0 Å². The van der Waals surface area contributed by atoms with E-state index in [1.807, 2.05) is 11.0 Å². The topological polar surface area (TPSA) is 49.9 Å². The minimum atomic E-state index is -0.194. The Bertz CT molecular complexity index is 578. The van der Waals surface area contributed by atoms with Crippen molar-refractivity contribution in [3.05, 3.63) is 34.4 Å². The van der Waals surface area contributed by atoms with Gasteiger partial charge in [-0.1, -0.05) is 6.07 Å². The van der Waals surface area contributed by atoms with Crippen molar-refractivity contribution >= 4 is 12.4 Å². The van der Waals surface area contributed by atoms with Gasteiger partial charge in [-0.2, -0.15) is 0 Å². The molecule has 0 N–H and O–H groups in total. The van der Waals surface area contributed by atoms with Gasteiger partial charge in [0.15, 0.2) is 0 Å². The number of hydrogen-bond acceptors (Lipinski definition) is 4. The number of piperazine rings is 1. The van der Waals surface area contributed by atoms with Gasteiger partial charge in [0.05, 0.1) is 12.2 Å². The number of carbonyl (C=O) groups is 2. The highest BCUT2D eigenvalue weighted by Crippen LogP contribution is 2.24. The van der Waals surface area contributed by atoms with Crippen LogP contribution >= 0.6 is 0 Å². The third-order valence-corrected chi connectivity index (χ3v) is 4.77. The lowest BCUT2D eigenvalue weighted by atomic mass is 9.92. The Hall–Kier alpha value is -1.88. The highest BCUT2D eigenvalue weighted by molar-refractivity contribution is 5.92. The fourth-order valence-corrected chi connectivity index (χ4v) is 3.28. The van der Waals surface area contributed by atoms with Gasteiger partial charge in [0, 0.05) is 39.1 Å². The molecule has 0 bridgehead atoms. The number of nitrogens with zero attached hydrogens (tertiary/aromatic N) is 2. The van der Waals surface area contributed by atoms with Crippen LogP contribution in [0.5, 0.6) is 0 Å². The van der Waals surface area contributed by atoms with Crippen LogP contribution in [0.1, 0.15) is 27.0 Å². The van der Waals surface area contributed by atoms with Crippen LogP contribution in [-0.4, -0.2) is 61.5 Å². The number of cyclic esters (lactones) is 1. The molecule has 2 aliphatic rings. The molecule has 0 unspecified atom stereocenters. The molecule has 5 nitrogen and oxygen atoms in total. The summed E-state index contributed by atoms with van der Waals surface area (Å²) in [5.74, 6) is -0.194. The average molecular weight is 302 g/mol. The molecular formula is C17H22N2O3. The van der Waals surface area contributed by atoms with Gasteiger partial charge in [-0.3, -0.25) is 9.69 Å². The summed E-state index contributed by atoms with van der Waals surface area (Å²) in [6.07, 6.45) is 2.73.